The molecule has 0 aliphatic rings. The van der Waals surface area contributed by atoms with Crippen LogP contribution in [0.2, 0.25) is 4.34 Å². The number of benzene rings is 1. The zero-order chi connectivity index (χ0) is 14.0. The first-order valence-corrected chi connectivity index (χ1v) is 6.93. The number of thiophene rings is 1. The molecular weight excluding hydrogens is 285 g/mol. The van der Waals surface area contributed by atoms with E-state index in [1.807, 2.05) is 12.1 Å². The summed E-state index contributed by atoms with van der Waals surface area (Å²) < 4.78 is 14.7. The standard InChI is InChI=1S/C14H13ClFNOS/c1-9(18)11-4-3-5-12(16)14(11)17(2)8-10-6-7-13(15)19-10/h3-7H,8H2,1-2H3. The number of hydrogen-bond acceptors (Lipinski definition) is 3. The van der Waals surface area contributed by atoms with Crippen molar-refractivity contribution in [2.75, 3.05) is 11.9 Å². The second-order valence-corrected chi connectivity index (χ2v) is 6.05. The van der Waals surface area contributed by atoms with E-state index in [2.05, 4.69) is 0 Å². The minimum Gasteiger partial charge on any atom is -0.366 e. The van der Waals surface area contributed by atoms with Gasteiger partial charge in [0.25, 0.3) is 0 Å². The van der Waals surface area contributed by atoms with Crippen LogP contribution in [0.1, 0.15) is 22.2 Å². The number of carbonyl (C=O) groups is 1. The van der Waals surface area contributed by atoms with Crippen LogP contribution >= 0.6 is 22.9 Å². The summed E-state index contributed by atoms with van der Waals surface area (Å²) in [7, 11) is 1.76. The van der Waals surface area contributed by atoms with Crippen molar-refractivity contribution in [3.8, 4) is 0 Å². The fourth-order valence-corrected chi connectivity index (χ4v) is 3.08. The van der Waals surface area contributed by atoms with Crippen molar-refractivity contribution in [3.05, 3.63) is 50.9 Å². The largest absolute Gasteiger partial charge is 0.366 e. The SMILES string of the molecule is CC(=O)c1cccc(F)c1N(C)Cc1ccc(Cl)s1. The molecule has 1 heterocycles. The van der Waals surface area contributed by atoms with E-state index in [-0.39, 0.29) is 5.78 Å². The summed E-state index contributed by atoms with van der Waals surface area (Å²) in [6.45, 7) is 1.95. The molecule has 1 aromatic heterocycles. The molecule has 0 amide bonds. The van der Waals surface area contributed by atoms with E-state index in [1.54, 1.807) is 24.1 Å². The van der Waals surface area contributed by atoms with E-state index >= 15 is 0 Å². The Kier molecular flexibility index (Phi) is 4.22. The van der Waals surface area contributed by atoms with Crippen molar-refractivity contribution in [1.29, 1.82) is 0 Å². The van der Waals surface area contributed by atoms with Crippen LogP contribution in [-0.4, -0.2) is 12.8 Å². The Morgan fingerprint density at radius 3 is 2.68 bits per heavy atom. The molecule has 2 nitrogen and oxygen atoms in total. The second kappa shape index (κ2) is 5.72. The summed E-state index contributed by atoms with van der Waals surface area (Å²) in [5.74, 6) is -0.539. The number of halogens is 2. The summed E-state index contributed by atoms with van der Waals surface area (Å²) in [6, 6.07) is 8.25. The third-order valence-corrected chi connectivity index (χ3v) is 3.99. The molecule has 0 saturated heterocycles. The fraction of sp³-hybridized carbons (Fsp3) is 0.214. The normalized spacial score (nSPS) is 10.5. The number of anilines is 1. The molecule has 2 aromatic rings. The van der Waals surface area contributed by atoms with Gasteiger partial charge in [-0.15, -0.1) is 11.3 Å². The van der Waals surface area contributed by atoms with Crippen LogP contribution in [0.15, 0.2) is 30.3 Å². The first-order chi connectivity index (χ1) is 8.99. The number of ketones is 1. The molecule has 0 saturated carbocycles. The van der Waals surface area contributed by atoms with Gasteiger partial charge in [-0.2, -0.15) is 0 Å². The zero-order valence-electron chi connectivity index (χ0n) is 10.6. The Labute approximate surface area is 120 Å². The van der Waals surface area contributed by atoms with E-state index in [4.69, 9.17) is 11.6 Å². The molecule has 0 unspecified atom stereocenters. The molecule has 0 aliphatic heterocycles. The Balaban J connectivity index is 2.32. The van der Waals surface area contributed by atoms with Gasteiger partial charge >= 0.3 is 0 Å². The second-order valence-electron chi connectivity index (χ2n) is 4.25. The molecule has 0 spiro atoms. The lowest BCUT2D eigenvalue weighted by molar-refractivity contribution is 0.101. The van der Waals surface area contributed by atoms with E-state index in [9.17, 15) is 9.18 Å². The van der Waals surface area contributed by atoms with Gasteiger partial charge in [0.15, 0.2) is 5.78 Å². The highest BCUT2D eigenvalue weighted by Crippen LogP contribution is 2.28. The number of nitrogens with zero attached hydrogens (tertiary/aromatic N) is 1. The summed E-state index contributed by atoms with van der Waals surface area (Å²) in [5.41, 5.74) is 0.727. The van der Waals surface area contributed by atoms with Crippen LogP contribution in [0.25, 0.3) is 0 Å². The molecule has 19 heavy (non-hydrogen) atoms. The Morgan fingerprint density at radius 2 is 2.11 bits per heavy atom. The third-order valence-electron chi connectivity index (χ3n) is 2.77. The highest BCUT2D eigenvalue weighted by atomic mass is 35.5. The molecule has 5 heteroatoms. The Morgan fingerprint density at radius 1 is 1.37 bits per heavy atom. The monoisotopic (exact) mass is 297 g/mol. The van der Waals surface area contributed by atoms with Crippen molar-refractivity contribution in [2.24, 2.45) is 0 Å². The quantitative estimate of drug-likeness (QED) is 0.781. The van der Waals surface area contributed by atoms with Gasteiger partial charge in [-0.1, -0.05) is 17.7 Å². The minimum absolute atomic E-state index is 0.148. The molecule has 1 aromatic carbocycles. The predicted molar refractivity (Wildman–Crippen MR) is 77.8 cm³/mol. The van der Waals surface area contributed by atoms with Gasteiger partial charge in [-0.25, -0.2) is 4.39 Å². The van der Waals surface area contributed by atoms with Crippen LogP contribution in [0.4, 0.5) is 10.1 Å². The van der Waals surface area contributed by atoms with Gasteiger partial charge in [-0.3, -0.25) is 4.79 Å². The van der Waals surface area contributed by atoms with Crippen LogP contribution in [-0.2, 0) is 6.54 Å². The van der Waals surface area contributed by atoms with Gasteiger partial charge in [0.1, 0.15) is 5.82 Å². The summed E-state index contributed by atoms with van der Waals surface area (Å²) in [5, 5.41) is 0. The average molecular weight is 298 g/mol. The van der Waals surface area contributed by atoms with Gasteiger partial charge in [0.05, 0.1) is 16.6 Å². The van der Waals surface area contributed by atoms with E-state index < -0.39 is 5.82 Å². The molecule has 2 rings (SSSR count). The lowest BCUT2D eigenvalue weighted by Gasteiger charge is -2.21. The lowest BCUT2D eigenvalue weighted by Crippen LogP contribution is -2.19. The predicted octanol–water partition coefficient (Wildman–Crippen LogP) is 4.38. The lowest BCUT2D eigenvalue weighted by atomic mass is 10.1. The number of hydrogen-bond donors (Lipinski definition) is 0. The average Bonchev–Trinajstić information content (AvgIpc) is 2.74. The Hall–Kier alpha value is -1.39. The van der Waals surface area contributed by atoms with Crippen molar-refractivity contribution < 1.29 is 9.18 Å². The maximum Gasteiger partial charge on any atom is 0.161 e. The van der Waals surface area contributed by atoms with Crippen molar-refractivity contribution in [3.63, 3.8) is 0 Å². The number of rotatable bonds is 4. The molecule has 0 N–H and O–H groups in total. The molecule has 0 fully saturated rings. The highest BCUT2D eigenvalue weighted by molar-refractivity contribution is 7.16. The first kappa shape index (κ1) is 14.0. The van der Waals surface area contributed by atoms with Crippen LogP contribution in [0.5, 0.6) is 0 Å². The van der Waals surface area contributed by atoms with Crippen molar-refractivity contribution in [1.82, 2.24) is 0 Å². The maximum atomic E-state index is 14.0. The molecule has 0 radical (unpaired) electrons. The van der Waals surface area contributed by atoms with Crippen molar-refractivity contribution >= 4 is 34.4 Å². The summed E-state index contributed by atoms with van der Waals surface area (Å²) >= 11 is 7.32. The minimum atomic E-state index is -0.391. The third kappa shape index (κ3) is 3.14. The summed E-state index contributed by atoms with van der Waals surface area (Å²) in [6.07, 6.45) is 0. The molecular formula is C14H13ClFNOS. The highest BCUT2D eigenvalue weighted by Gasteiger charge is 2.16. The van der Waals surface area contributed by atoms with Crippen molar-refractivity contribution in [2.45, 2.75) is 13.5 Å². The number of Topliss-reactive ketones (excluding diaryl/α,β-unsaturated/α-hetero) is 1. The molecule has 0 atom stereocenters. The number of carbonyl (C=O) groups excluding carboxylic acids is 1. The van der Waals surface area contributed by atoms with Crippen LogP contribution in [0, 0.1) is 5.82 Å². The van der Waals surface area contributed by atoms with Gasteiger partial charge < -0.3 is 4.90 Å². The molecule has 0 aliphatic carbocycles. The van der Waals surface area contributed by atoms with Crippen LogP contribution in [0.3, 0.4) is 0 Å². The summed E-state index contributed by atoms with van der Waals surface area (Å²) in [4.78, 5) is 14.3. The smallest absolute Gasteiger partial charge is 0.161 e. The molecule has 100 valence electrons. The van der Waals surface area contributed by atoms with E-state index in [0.717, 1.165) is 4.88 Å². The van der Waals surface area contributed by atoms with E-state index in [0.29, 0.717) is 22.1 Å². The van der Waals surface area contributed by atoms with Gasteiger partial charge in [0, 0.05) is 17.5 Å². The number of para-hydroxylation sites is 1. The first-order valence-electron chi connectivity index (χ1n) is 5.74. The topological polar surface area (TPSA) is 20.3 Å². The van der Waals surface area contributed by atoms with Gasteiger partial charge in [0.2, 0.25) is 0 Å². The molecule has 0 bridgehead atoms. The van der Waals surface area contributed by atoms with Crippen LogP contribution < -0.4 is 4.90 Å². The fourth-order valence-electron chi connectivity index (χ4n) is 1.94. The van der Waals surface area contributed by atoms with Gasteiger partial charge in [-0.05, 0) is 31.2 Å². The van der Waals surface area contributed by atoms with E-state index in [1.165, 1.54) is 24.3 Å². The zero-order valence-corrected chi connectivity index (χ0v) is 12.2. The Bertz CT molecular complexity index is 611. The maximum absolute atomic E-state index is 14.0.